The van der Waals surface area contributed by atoms with Crippen molar-refractivity contribution in [2.75, 3.05) is 14.2 Å². The number of benzene rings is 3. The number of hydrogen-bond donors (Lipinski definition) is 2. The number of rotatable bonds is 5. The molecule has 0 aliphatic carbocycles. The molecule has 0 unspecified atom stereocenters. The van der Waals surface area contributed by atoms with Crippen molar-refractivity contribution >= 4 is 22.8 Å². The number of methoxy groups -OCH3 is 1. The zero-order valence-corrected chi connectivity index (χ0v) is 16.7. The summed E-state index contributed by atoms with van der Waals surface area (Å²) in [6.07, 6.45) is 0. The van der Waals surface area contributed by atoms with Crippen molar-refractivity contribution in [3.63, 3.8) is 0 Å². The van der Waals surface area contributed by atoms with Gasteiger partial charge in [-0.15, -0.1) is 0 Å². The molecule has 7 heteroatoms. The summed E-state index contributed by atoms with van der Waals surface area (Å²) < 4.78 is 24.7. The fraction of sp³-hybridized carbons (Fsp3) is 0.0833. The molecular weight excluding hydrogens is 401 g/mol. The molecule has 31 heavy (non-hydrogen) atoms. The highest BCUT2D eigenvalue weighted by Gasteiger charge is 2.23. The number of furan rings is 1. The normalized spacial score (nSPS) is 10.8. The largest absolute Gasteiger partial charge is 0.495 e. The minimum Gasteiger partial charge on any atom is -0.495 e. The summed E-state index contributed by atoms with van der Waals surface area (Å²) in [7, 11) is 2.92. The van der Waals surface area contributed by atoms with Gasteiger partial charge in [-0.2, -0.15) is 0 Å². The lowest BCUT2D eigenvalue weighted by atomic mass is 9.98. The van der Waals surface area contributed by atoms with Crippen molar-refractivity contribution in [1.82, 2.24) is 5.32 Å². The Morgan fingerprint density at radius 1 is 1.03 bits per heavy atom. The first kappa shape index (κ1) is 20.2. The molecule has 0 spiro atoms. The first-order valence-electron chi connectivity index (χ1n) is 9.39. The summed E-state index contributed by atoms with van der Waals surface area (Å²) in [5, 5.41) is 12.6. The Morgan fingerprint density at radius 3 is 2.39 bits per heavy atom. The maximum absolute atomic E-state index is 13.4. The number of carboxylic acids is 1. The van der Waals surface area contributed by atoms with E-state index in [0.29, 0.717) is 39.0 Å². The minimum absolute atomic E-state index is 0.0332. The van der Waals surface area contributed by atoms with Crippen molar-refractivity contribution in [2.24, 2.45) is 0 Å². The van der Waals surface area contributed by atoms with Gasteiger partial charge in [0.15, 0.2) is 0 Å². The molecule has 0 radical (unpaired) electrons. The number of ether oxygens (including phenoxy) is 1. The number of carbonyl (C=O) groups excluding carboxylic acids is 1. The lowest BCUT2D eigenvalue weighted by molar-refractivity contribution is 0.0693. The molecule has 1 amide bonds. The molecule has 6 nitrogen and oxygen atoms in total. The number of fused-ring (bicyclic) bond motifs is 1. The number of nitrogens with one attached hydrogen (secondary N) is 1. The smallest absolute Gasteiger partial charge is 0.339 e. The molecule has 4 rings (SSSR count). The van der Waals surface area contributed by atoms with E-state index < -0.39 is 11.8 Å². The van der Waals surface area contributed by atoms with Gasteiger partial charge in [-0.1, -0.05) is 18.2 Å². The van der Waals surface area contributed by atoms with E-state index in [9.17, 15) is 19.1 Å². The van der Waals surface area contributed by atoms with E-state index in [1.54, 1.807) is 42.5 Å². The number of aromatic carboxylic acids is 1. The molecular formula is C24H18FNO5. The molecule has 0 saturated heterocycles. The molecule has 0 bridgehead atoms. The average molecular weight is 419 g/mol. The minimum atomic E-state index is -1.10. The summed E-state index contributed by atoms with van der Waals surface area (Å²) >= 11 is 0. The molecule has 0 aliphatic heterocycles. The summed E-state index contributed by atoms with van der Waals surface area (Å²) in [6.45, 7) is 0. The van der Waals surface area contributed by atoms with Gasteiger partial charge in [0.25, 0.3) is 5.91 Å². The van der Waals surface area contributed by atoms with E-state index in [4.69, 9.17) is 9.15 Å². The van der Waals surface area contributed by atoms with E-state index in [-0.39, 0.29) is 17.2 Å². The predicted octanol–water partition coefficient (Wildman–Crippen LogP) is 4.97. The molecule has 1 heterocycles. The first-order chi connectivity index (χ1) is 14.9. The number of carboxylic acid groups (broad SMARTS) is 1. The number of halogens is 1. The Bertz CT molecular complexity index is 1310. The molecule has 0 fully saturated rings. The second-order valence-corrected chi connectivity index (χ2v) is 6.79. The van der Waals surface area contributed by atoms with Crippen LogP contribution in [0.5, 0.6) is 5.75 Å². The van der Waals surface area contributed by atoms with E-state index in [1.165, 1.54) is 32.4 Å². The van der Waals surface area contributed by atoms with Gasteiger partial charge in [0.05, 0.1) is 12.7 Å². The third-order valence-electron chi connectivity index (χ3n) is 5.01. The molecule has 1 aromatic heterocycles. The second kappa shape index (κ2) is 7.95. The highest BCUT2D eigenvalue weighted by Crippen LogP contribution is 2.39. The summed E-state index contributed by atoms with van der Waals surface area (Å²) in [5.74, 6) is -1.32. The van der Waals surface area contributed by atoms with E-state index in [1.807, 2.05) is 0 Å². The van der Waals surface area contributed by atoms with Gasteiger partial charge >= 0.3 is 5.97 Å². The average Bonchev–Trinajstić information content (AvgIpc) is 3.17. The molecule has 0 saturated carbocycles. The standard InChI is InChI=1S/C24H18FNO5/c1-26-23(27)20-18-12-14(16-4-3-5-17(24(28)29)22(16)30-2)8-11-19(18)31-21(20)13-6-9-15(25)10-7-13/h3-12H,1-2H3,(H,26,27)(H,28,29). The van der Waals surface area contributed by atoms with E-state index in [0.717, 1.165) is 0 Å². The molecule has 3 aromatic carbocycles. The summed E-state index contributed by atoms with van der Waals surface area (Å²) in [5.41, 5.74) is 2.59. The lowest BCUT2D eigenvalue weighted by Gasteiger charge is -2.11. The van der Waals surface area contributed by atoms with Crippen LogP contribution in [0.3, 0.4) is 0 Å². The monoisotopic (exact) mass is 419 g/mol. The SMILES string of the molecule is CNC(=O)c1c(-c2ccc(F)cc2)oc2ccc(-c3cccc(C(=O)O)c3OC)cc12. The molecule has 0 aliphatic rings. The van der Waals surface area contributed by atoms with E-state index >= 15 is 0 Å². The highest BCUT2D eigenvalue weighted by atomic mass is 19.1. The Morgan fingerprint density at radius 2 is 1.74 bits per heavy atom. The van der Waals surface area contributed by atoms with Crippen LogP contribution in [0.15, 0.2) is 65.1 Å². The zero-order valence-electron chi connectivity index (χ0n) is 16.7. The van der Waals surface area contributed by atoms with Gasteiger partial charge in [-0.3, -0.25) is 4.79 Å². The Kier molecular flexibility index (Phi) is 5.17. The summed E-state index contributed by atoms with van der Waals surface area (Å²) in [6, 6.07) is 15.7. The van der Waals surface area contributed by atoms with Crippen molar-refractivity contribution in [3.05, 3.63) is 77.6 Å². The third kappa shape index (κ3) is 3.50. The number of para-hydroxylation sites is 1. The van der Waals surface area contributed by atoms with Gasteiger partial charge < -0.3 is 19.6 Å². The van der Waals surface area contributed by atoms with Crippen LogP contribution < -0.4 is 10.1 Å². The molecule has 0 atom stereocenters. The number of hydrogen-bond acceptors (Lipinski definition) is 4. The van der Waals surface area contributed by atoms with Crippen LogP contribution in [0.4, 0.5) is 4.39 Å². The topological polar surface area (TPSA) is 88.8 Å². The van der Waals surface area contributed by atoms with Crippen LogP contribution in [0.1, 0.15) is 20.7 Å². The zero-order chi connectivity index (χ0) is 22.1. The van der Waals surface area contributed by atoms with Crippen molar-refractivity contribution in [3.8, 4) is 28.2 Å². The lowest BCUT2D eigenvalue weighted by Crippen LogP contribution is -2.18. The number of amides is 1. The second-order valence-electron chi connectivity index (χ2n) is 6.79. The summed E-state index contributed by atoms with van der Waals surface area (Å²) in [4.78, 5) is 24.3. The van der Waals surface area contributed by atoms with Gasteiger partial charge in [0.2, 0.25) is 0 Å². The van der Waals surface area contributed by atoms with Crippen molar-refractivity contribution in [1.29, 1.82) is 0 Å². The van der Waals surface area contributed by atoms with Crippen LogP contribution in [0.2, 0.25) is 0 Å². The van der Waals surface area contributed by atoms with Gasteiger partial charge in [-0.05, 0) is 48.0 Å². The Hall–Kier alpha value is -4.13. The fourth-order valence-electron chi connectivity index (χ4n) is 3.57. The molecule has 4 aromatic rings. The van der Waals surface area contributed by atoms with Gasteiger partial charge in [-0.25, -0.2) is 9.18 Å². The quantitative estimate of drug-likeness (QED) is 0.477. The maximum atomic E-state index is 13.4. The highest BCUT2D eigenvalue weighted by molar-refractivity contribution is 6.12. The van der Waals surface area contributed by atoms with Crippen LogP contribution in [-0.2, 0) is 0 Å². The molecule has 2 N–H and O–H groups in total. The maximum Gasteiger partial charge on any atom is 0.339 e. The van der Waals surface area contributed by atoms with Crippen LogP contribution >= 0.6 is 0 Å². The fourth-order valence-corrected chi connectivity index (χ4v) is 3.57. The Labute approximate surface area is 176 Å². The van der Waals surface area contributed by atoms with Crippen molar-refractivity contribution in [2.45, 2.75) is 0 Å². The van der Waals surface area contributed by atoms with Gasteiger partial charge in [0, 0.05) is 23.6 Å². The molecule has 156 valence electrons. The third-order valence-corrected chi connectivity index (χ3v) is 5.01. The Balaban J connectivity index is 1.96. The predicted molar refractivity (Wildman–Crippen MR) is 114 cm³/mol. The first-order valence-corrected chi connectivity index (χ1v) is 9.39. The van der Waals surface area contributed by atoms with Crippen LogP contribution in [0, 0.1) is 5.82 Å². The van der Waals surface area contributed by atoms with Crippen LogP contribution in [-0.4, -0.2) is 31.1 Å². The van der Waals surface area contributed by atoms with Gasteiger partial charge in [0.1, 0.15) is 28.5 Å². The van der Waals surface area contributed by atoms with Crippen molar-refractivity contribution < 1.29 is 28.2 Å². The van der Waals surface area contributed by atoms with E-state index in [2.05, 4.69) is 5.32 Å². The number of carbonyl (C=O) groups is 2. The van der Waals surface area contributed by atoms with Crippen LogP contribution in [0.25, 0.3) is 33.4 Å².